The zero-order valence-electron chi connectivity index (χ0n) is 8.68. The molecule has 0 saturated heterocycles. The molecule has 0 aromatic carbocycles. The van der Waals surface area contributed by atoms with Gasteiger partial charge in [0.25, 0.3) is 0 Å². The SMILES string of the molecule is C#CCCC(C)C(=O)C(=C)NCC=C. The van der Waals surface area contributed by atoms with Crippen molar-refractivity contribution in [2.24, 2.45) is 5.92 Å². The topological polar surface area (TPSA) is 29.1 Å². The van der Waals surface area contributed by atoms with Crippen molar-refractivity contribution in [3.63, 3.8) is 0 Å². The molecule has 0 aliphatic heterocycles. The molecular weight excluding hydrogens is 174 g/mol. The normalized spacial score (nSPS) is 11.1. The predicted molar refractivity (Wildman–Crippen MR) is 59.6 cm³/mol. The Morgan fingerprint density at radius 3 is 2.86 bits per heavy atom. The van der Waals surface area contributed by atoms with Crippen LogP contribution in [0, 0.1) is 18.3 Å². The van der Waals surface area contributed by atoms with E-state index < -0.39 is 0 Å². The van der Waals surface area contributed by atoms with Crippen LogP contribution in [0.4, 0.5) is 0 Å². The third-order valence-electron chi connectivity index (χ3n) is 1.93. The number of hydrogen-bond acceptors (Lipinski definition) is 2. The molecule has 0 aromatic rings. The summed E-state index contributed by atoms with van der Waals surface area (Å²) in [5.41, 5.74) is 0.439. The smallest absolute Gasteiger partial charge is 0.180 e. The molecule has 1 unspecified atom stereocenters. The maximum atomic E-state index is 11.6. The standard InChI is InChI=1S/C12H17NO/c1-5-7-8-10(3)12(14)11(4)13-9-6-2/h1,6,10,13H,2,4,7-9H2,3H3. The lowest BCUT2D eigenvalue weighted by Gasteiger charge is -2.11. The Morgan fingerprint density at radius 2 is 2.36 bits per heavy atom. The molecule has 0 aromatic heterocycles. The van der Waals surface area contributed by atoms with Crippen LogP contribution in [-0.2, 0) is 4.79 Å². The molecule has 0 bridgehead atoms. The monoisotopic (exact) mass is 191 g/mol. The summed E-state index contributed by atoms with van der Waals surface area (Å²) in [7, 11) is 0. The van der Waals surface area contributed by atoms with E-state index >= 15 is 0 Å². The first-order chi connectivity index (χ1) is 6.63. The van der Waals surface area contributed by atoms with Crippen molar-refractivity contribution < 1.29 is 4.79 Å². The van der Waals surface area contributed by atoms with E-state index in [-0.39, 0.29) is 11.7 Å². The molecule has 76 valence electrons. The zero-order valence-corrected chi connectivity index (χ0v) is 8.68. The lowest BCUT2D eigenvalue weighted by atomic mass is 9.99. The molecule has 0 aliphatic carbocycles. The number of ketones is 1. The second-order valence-electron chi connectivity index (χ2n) is 3.16. The number of rotatable bonds is 7. The van der Waals surface area contributed by atoms with Crippen LogP contribution in [0.25, 0.3) is 0 Å². The third kappa shape index (κ3) is 4.51. The third-order valence-corrected chi connectivity index (χ3v) is 1.93. The minimum absolute atomic E-state index is 0.0297. The second-order valence-corrected chi connectivity index (χ2v) is 3.16. The van der Waals surface area contributed by atoms with E-state index in [1.165, 1.54) is 0 Å². The quantitative estimate of drug-likeness (QED) is 0.378. The number of Topliss-reactive ketones (excluding diaryl/α,β-unsaturated/α-hetero) is 1. The number of terminal acetylenes is 1. The molecule has 0 rings (SSSR count). The number of carbonyl (C=O) groups excluding carboxylic acids is 1. The second kappa shape index (κ2) is 6.97. The minimum atomic E-state index is -0.0594. The molecule has 1 N–H and O–H groups in total. The maximum absolute atomic E-state index is 11.6. The van der Waals surface area contributed by atoms with Gasteiger partial charge >= 0.3 is 0 Å². The van der Waals surface area contributed by atoms with Crippen LogP contribution < -0.4 is 5.32 Å². The molecule has 2 heteroatoms. The van der Waals surface area contributed by atoms with E-state index in [2.05, 4.69) is 24.4 Å². The molecule has 0 amide bonds. The van der Waals surface area contributed by atoms with Gasteiger partial charge < -0.3 is 5.32 Å². The van der Waals surface area contributed by atoms with E-state index in [0.717, 1.165) is 0 Å². The predicted octanol–water partition coefficient (Wildman–Crippen LogP) is 1.89. The van der Waals surface area contributed by atoms with Gasteiger partial charge in [0.1, 0.15) is 0 Å². The van der Waals surface area contributed by atoms with E-state index in [9.17, 15) is 4.79 Å². The van der Waals surface area contributed by atoms with Crippen molar-refractivity contribution in [2.75, 3.05) is 6.54 Å². The molecule has 0 saturated carbocycles. The van der Waals surface area contributed by atoms with Crippen LogP contribution in [0.1, 0.15) is 19.8 Å². The summed E-state index contributed by atoms with van der Waals surface area (Å²) in [5, 5.41) is 2.88. The Balaban J connectivity index is 3.98. The summed E-state index contributed by atoms with van der Waals surface area (Å²) >= 11 is 0. The number of hydrogen-bond donors (Lipinski definition) is 1. The van der Waals surface area contributed by atoms with E-state index in [0.29, 0.717) is 25.1 Å². The molecule has 2 nitrogen and oxygen atoms in total. The largest absolute Gasteiger partial charge is 0.379 e. The Hall–Kier alpha value is -1.49. The lowest BCUT2D eigenvalue weighted by molar-refractivity contribution is -0.119. The molecule has 1 atom stereocenters. The van der Waals surface area contributed by atoms with Gasteiger partial charge in [0.2, 0.25) is 0 Å². The highest BCUT2D eigenvalue weighted by Crippen LogP contribution is 2.09. The van der Waals surface area contributed by atoms with Gasteiger partial charge in [-0.3, -0.25) is 4.79 Å². The van der Waals surface area contributed by atoms with Crippen molar-refractivity contribution in [2.45, 2.75) is 19.8 Å². The van der Waals surface area contributed by atoms with Gasteiger partial charge in [-0.2, -0.15) is 0 Å². The molecule has 0 radical (unpaired) electrons. The Morgan fingerprint density at radius 1 is 1.71 bits per heavy atom. The summed E-state index contributed by atoms with van der Waals surface area (Å²) < 4.78 is 0. The summed E-state index contributed by atoms with van der Waals surface area (Å²) in [6.45, 7) is 9.63. The van der Waals surface area contributed by atoms with Gasteiger partial charge in [0.15, 0.2) is 5.78 Å². The fourth-order valence-electron chi connectivity index (χ4n) is 1.01. The fourth-order valence-corrected chi connectivity index (χ4v) is 1.01. The minimum Gasteiger partial charge on any atom is -0.379 e. The average Bonchev–Trinajstić information content (AvgIpc) is 2.21. The average molecular weight is 191 g/mol. The van der Waals surface area contributed by atoms with Crippen LogP contribution in [0.5, 0.6) is 0 Å². The molecule has 0 spiro atoms. The summed E-state index contributed by atoms with van der Waals surface area (Å²) in [6.07, 6.45) is 8.14. The number of allylic oxidation sites excluding steroid dienone is 1. The summed E-state index contributed by atoms with van der Waals surface area (Å²) in [5.74, 6) is 2.49. The maximum Gasteiger partial charge on any atom is 0.180 e. The van der Waals surface area contributed by atoms with Crippen molar-refractivity contribution >= 4 is 5.78 Å². The van der Waals surface area contributed by atoms with Gasteiger partial charge in [-0.05, 0) is 6.42 Å². The van der Waals surface area contributed by atoms with Crippen molar-refractivity contribution in [3.05, 3.63) is 24.9 Å². The Kier molecular flexibility index (Phi) is 6.22. The van der Waals surface area contributed by atoms with Gasteiger partial charge in [-0.1, -0.05) is 19.6 Å². The van der Waals surface area contributed by atoms with E-state index in [4.69, 9.17) is 6.42 Å². The molecule has 0 aliphatic rings. The first-order valence-corrected chi connectivity index (χ1v) is 4.64. The fraction of sp³-hybridized carbons (Fsp3) is 0.417. The highest BCUT2D eigenvalue weighted by Gasteiger charge is 2.14. The van der Waals surface area contributed by atoms with Crippen molar-refractivity contribution in [1.82, 2.24) is 5.32 Å². The van der Waals surface area contributed by atoms with Crippen molar-refractivity contribution in [3.8, 4) is 12.3 Å². The molecule has 14 heavy (non-hydrogen) atoms. The number of nitrogens with one attached hydrogen (secondary N) is 1. The first kappa shape index (κ1) is 12.5. The summed E-state index contributed by atoms with van der Waals surface area (Å²) in [6, 6.07) is 0. The van der Waals surface area contributed by atoms with Crippen LogP contribution in [0.2, 0.25) is 0 Å². The van der Waals surface area contributed by atoms with Crippen LogP contribution in [-0.4, -0.2) is 12.3 Å². The zero-order chi connectivity index (χ0) is 11.0. The highest BCUT2D eigenvalue weighted by atomic mass is 16.1. The Labute approximate surface area is 86.1 Å². The molecule has 0 heterocycles. The van der Waals surface area contributed by atoms with Crippen LogP contribution in [0.3, 0.4) is 0 Å². The van der Waals surface area contributed by atoms with Gasteiger partial charge in [-0.15, -0.1) is 18.9 Å². The molecule has 0 fully saturated rings. The van der Waals surface area contributed by atoms with Gasteiger partial charge in [-0.25, -0.2) is 0 Å². The van der Waals surface area contributed by atoms with Crippen LogP contribution in [0.15, 0.2) is 24.9 Å². The van der Waals surface area contributed by atoms with Gasteiger partial charge in [0.05, 0.1) is 5.70 Å². The molecular formula is C12H17NO. The van der Waals surface area contributed by atoms with E-state index in [1.54, 1.807) is 6.08 Å². The lowest BCUT2D eigenvalue weighted by Crippen LogP contribution is -2.24. The van der Waals surface area contributed by atoms with E-state index in [1.807, 2.05) is 6.92 Å². The Bertz CT molecular complexity index is 260. The first-order valence-electron chi connectivity index (χ1n) is 4.64. The van der Waals surface area contributed by atoms with Gasteiger partial charge in [0, 0.05) is 18.9 Å². The highest BCUT2D eigenvalue weighted by molar-refractivity contribution is 5.95. The van der Waals surface area contributed by atoms with Crippen molar-refractivity contribution in [1.29, 1.82) is 0 Å². The number of carbonyl (C=O) groups is 1. The van der Waals surface area contributed by atoms with Crippen LogP contribution >= 0.6 is 0 Å². The summed E-state index contributed by atoms with van der Waals surface area (Å²) in [4.78, 5) is 11.6.